The van der Waals surface area contributed by atoms with E-state index in [0.29, 0.717) is 5.57 Å². The Balaban J connectivity index is 1.96. The number of hydrogen-bond donors (Lipinski definition) is 2. The van der Waals surface area contributed by atoms with Crippen LogP contribution in [0.2, 0.25) is 0 Å². The van der Waals surface area contributed by atoms with Crippen LogP contribution in [0.5, 0.6) is 0 Å². The number of nitrogens with zero attached hydrogens (tertiary/aromatic N) is 2. The molecule has 0 aliphatic heterocycles. The van der Waals surface area contributed by atoms with E-state index in [1.165, 1.54) is 0 Å². The third-order valence-electron chi connectivity index (χ3n) is 4.24. The van der Waals surface area contributed by atoms with E-state index >= 15 is 0 Å². The summed E-state index contributed by atoms with van der Waals surface area (Å²) >= 11 is 0. The SMILES string of the molecule is Cn1cc(/C(=C/c2c[nH]c3ncccc23)C(N)=O)c2ccccc21. The van der Waals surface area contributed by atoms with Crippen LogP contribution in [-0.4, -0.2) is 20.4 Å². The third-order valence-corrected chi connectivity index (χ3v) is 4.24. The first-order chi connectivity index (χ1) is 11.6. The first kappa shape index (κ1) is 14.3. The summed E-state index contributed by atoms with van der Waals surface area (Å²) in [5.74, 6) is -0.454. The first-order valence-electron chi connectivity index (χ1n) is 7.63. The van der Waals surface area contributed by atoms with Gasteiger partial charge in [-0.15, -0.1) is 0 Å². The van der Waals surface area contributed by atoms with Crippen LogP contribution in [0.3, 0.4) is 0 Å². The summed E-state index contributed by atoms with van der Waals surface area (Å²) in [6.45, 7) is 0. The van der Waals surface area contributed by atoms with Gasteiger partial charge in [0.2, 0.25) is 5.91 Å². The highest BCUT2D eigenvalue weighted by atomic mass is 16.1. The van der Waals surface area contributed by atoms with Crippen molar-refractivity contribution in [2.45, 2.75) is 0 Å². The van der Waals surface area contributed by atoms with Crippen molar-refractivity contribution in [2.24, 2.45) is 12.8 Å². The molecule has 3 N–H and O–H groups in total. The molecule has 5 heteroatoms. The van der Waals surface area contributed by atoms with Crippen LogP contribution in [0.25, 0.3) is 33.6 Å². The van der Waals surface area contributed by atoms with E-state index in [0.717, 1.165) is 33.1 Å². The highest BCUT2D eigenvalue weighted by Gasteiger charge is 2.16. The van der Waals surface area contributed by atoms with Crippen molar-refractivity contribution in [3.05, 3.63) is 66.1 Å². The Morgan fingerprint density at radius 2 is 2.00 bits per heavy atom. The van der Waals surface area contributed by atoms with E-state index < -0.39 is 5.91 Å². The van der Waals surface area contributed by atoms with E-state index in [2.05, 4.69) is 9.97 Å². The fourth-order valence-electron chi connectivity index (χ4n) is 3.09. The molecule has 0 unspecified atom stereocenters. The Kier molecular flexibility index (Phi) is 3.20. The monoisotopic (exact) mass is 316 g/mol. The number of aromatic amines is 1. The summed E-state index contributed by atoms with van der Waals surface area (Å²) in [6, 6.07) is 11.8. The number of aryl methyl sites for hydroxylation is 1. The number of hydrogen-bond acceptors (Lipinski definition) is 2. The van der Waals surface area contributed by atoms with Crippen LogP contribution in [0.4, 0.5) is 0 Å². The minimum Gasteiger partial charge on any atom is -0.366 e. The van der Waals surface area contributed by atoms with Gasteiger partial charge in [-0.2, -0.15) is 0 Å². The second-order valence-electron chi connectivity index (χ2n) is 5.74. The Bertz CT molecular complexity index is 1100. The molecule has 3 aromatic heterocycles. The van der Waals surface area contributed by atoms with Crippen molar-refractivity contribution in [2.75, 3.05) is 0 Å². The molecule has 4 aromatic rings. The zero-order valence-corrected chi connectivity index (χ0v) is 13.2. The number of primary amides is 1. The van der Waals surface area contributed by atoms with Gasteiger partial charge in [0, 0.05) is 58.6 Å². The normalized spacial score (nSPS) is 12.1. The lowest BCUT2D eigenvalue weighted by molar-refractivity contribution is -0.112. The quantitative estimate of drug-likeness (QED) is 0.570. The summed E-state index contributed by atoms with van der Waals surface area (Å²) < 4.78 is 2.00. The second-order valence-corrected chi connectivity index (χ2v) is 5.74. The molecule has 0 atom stereocenters. The summed E-state index contributed by atoms with van der Waals surface area (Å²) in [5, 5.41) is 1.96. The third kappa shape index (κ3) is 2.18. The van der Waals surface area contributed by atoms with Crippen LogP contribution >= 0.6 is 0 Å². The number of carbonyl (C=O) groups is 1. The highest BCUT2D eigenvalue weighted by Crippen LogP contribution is 2.29. The van der Waals surface area contributed by atoms with Gasteiger partial charge in [-0.25, -0.2) is 4.98 Å². The number of fused-ring (bicyclic) bond motifs is 2. The number of pyridine rings is 1. The molecule has 0 saturated carbocycles. The zero-order valence-electron chi connectivity index (χ0n) is 13.2. The second kappa shape index (κ2) is 5.38. The van der Waals surface area contributed by atoms with Crippen molar-refractivity contribution in [1.82, 2.24) is 14.5 Å². The predicted octanol–water partition coefficient (Wildman–Crippen LogP) is 3.08. The lowest BCUT2D eigenvalue weighted by Gasteiger charge is -2.02. The summed E-state index contributed by atoms with van der Waals surface area (Å²) in [7, 11) is 1.96. The largest absolute Gasteiger partial charge is 0.366 e. The number of H-pyrrole nitrogens is 1. The Morgan fingerprint density at radius 1 is 1.21 bits per heavy atom. The van der Waals surface area contributed by atoms with Crippen molar-refractivity contribution in [3.63, 3.8) is 0 Å². The summed E-state index contributed by atoms with van der Waals surface area (Å²) in [5.41, 5.74) is 9.73. The molecule has 118 valence electrons. The Labute approximate surface area is 138 Å². The molecule has 4 rings (SSSR count). The number of rotatable bonds is 3. The summed E-state index contributed by atoms with van der Waals surface area (Å²) in [4.78, 5) is 19.5. The smallest absolute Gasteiger partial charge is 0.249 e. The van der Waals surface area contributed by atoms with Crippen LogP contribution in [0.15, 0.2) is 55.0 Å². The molecule has 1 aromatic carbocycles. The Morgan fingerprint density at radius 3 is 2.83 bits per heavy atom. The molecule has 0 saturated heterocycles. The molecule has 1 amide bonds. The highest BCUT2D eigenvalue weighted by molar-refractivity contribution is 6.27. The van der Waals surface area contributed by atoms with Crippen LogP contribution in [0, 0.1) is 0 Å². The average Bonchev–Trinajstić information content (AvgIpc) is 3.14. The van der Waals surface area contributed by atoms with Gasteiger partial charge < -0.3 is 15.3 Å². The number of carbonyl (C=O) groups excluding carboxylic acids is 1. The van der Waals surface area contributed by atoms with Crippen LogP contribution in [-0.2, 0) is 11.8 Å². The van der Waals surface area contributed by atoms with E-state index in [9.17, 15) is 4.79 Å². The number of nitrogens with one attached hydrogen (secondary N) is 1. The van der Waals surface area contributed by atoms with Gasteiger partial charge in [0.1, 0.15) is 5.65 Å². The van der Waals surface area contributed by atoms with E-state index in [-0.39, 0.29) is 0 Å². The first-order valence-corrected chi connectivity index (χ1v) is 7.63. The lowest BCUT2D eigenvalue weighted by Crippen LogP contribution is -2.12. The molecular weight excluding hydrogens is 300 g/mol. The molecule has 0 aliphatic rings. The van der Waals surface area contributed by atoms with Crippen LogP contribution < -0.4 is 5.73 Å². The topological polar surface area (TPSA) is 76.7 Å². The molecule has 0 spiro atoms. The van der Waals surface area contributed by atoms with Crippen LogP contribution in [0.1, 0.15) is 11.1 Å². The van der Waals surface area contributed by atoms with Crippen molar-refractivity contribution in [3.8, 4) is 0 Å². The van der Waals surface area contributed by atoms with E-state index in [1.807, 2.05) is 66.5 Å². The minimum absolute atomic E-state index is 0.454. The lowest BCUT2D eigenvalue weighted by atomic mass is 10.0. The molecular formula is C19H16N4O. The van der Waals surface area contributed by atoms with Crippen molar-refractivity contribution in [1.29, 1.82) is 0 Å². The zero-order chi connectivity index (χ0) is 16.7. The van der Waals surface area contributed by atoms with Gasteiger partial charge in [-0.1, -0.05) is 18.2 Å². The maximum Gasteiger partial charge on any atom is 0.249 e. The van der Waals surface area contributed by atoms with E-state index in [4.69, 9.17) is 5.73 Å². The van der Waals surface area contributed by atoms with Crippen molar-refractivity contribution >= 4 is 39.5 Å². The van der Waals surface area contributed by atoms with Gasteiger partial charge in [-0.05, 0) is 24.3 Å². The molecule has 3 heterocycles. The molecule has 0 aliphatic carbocycles. The number of nitrogens with two attached hydrogens (primary N) is 1. The maximum absolute atomic E-state index is 12.1. The summed E-state index contributed by atoms with van der Waals surface area (Å²) in [6.07, 6.45) is 7.33. The number of benzene rings is 1. The predicted molar refractivity (Wildman–Crippen MR) is 96.1 cm³/mol. The fourth-order valence-corrected chi connectivity index (χ4v) is 3.09. The Hall–Kier alpha value is -3.34. The van der Waals surface area contributed by atoms with E-state index in [1.54, 1.807) is 6.20 Å². The number of para-hydroxylation sites is 1. The molecule has 0 bridgehead atoms. The van der Waals surface area contributed by atoms with Gasteiger partial charge in [0.05, 0.1) is 0 Å². The standard InChI is InChI=1S/C19H16N4O/c1-23-11-16(14-5-2-3-7-17(14)23)15(18(20)24)9-12-10-22-19-13(12)6-4-8-21-19/h2-11H,1H3,(H2,20,24)(H,21,22)/b15-9-. The maximum atomic E-state index is 12.1. The van der Waals surface area contributed by atoms with Crippen molar-refractivity contribution < 1.29 is 4.79 Å². The van der Waals surface area contributed by atoms with Gasteiger partial charge in [-0.3, -0.25) is 4.79 Å². The van der Waals surface area contributed by atoms with Gasteiger partial charge >= 0.3 is 0 Å². The molecule has 0 fully saturated rings. The molecule has 0 radical (unpaired) electrons. The average molecular weight is 316 g/mol. The number of aromatic nitrogens is 3. The van der Waals surface area contributed by atoms with Gasteiger partial charge in [0.15, 0.2) is 0 Å². The fraction of sp³-hybridized carbons (Fsp3) is 0.0526. The molecule has 5 nitrogen and oxygen atoms in total. The number of amides is 1. The minimum atomic E-state index is -0.454. The molecule has 24 heavy (non-hydrogen) atoms. The van der Waals surface area contributed by atoms with Gasteiger partial charge in [0.25, 0.3) is 0 Å².